The zero-order valence-electron chi connectivity index (χ0n) is 12.4. The van der Waals surface area contributed by atoms with E-state index >= 15 is 0 Å². The third kappa shape index (κ3) is 3.99. The van der Waals surface area contributed by atoms with Crippen molar-refractivity contribution in [3.63, 3.8) is 0 Å². The minimum absolute atomic E-state index is 0.579. The van der Waals surface area contributed by atoms with E-state index < -0.39 is 0 Å². The molecule has 0 amide bonds. The molecule has 3 nitrogen and oxygen atoms in total. The molecule has 0 fully saturated rings. The van der Waals surface area contributed by atoms with Gasteiger partial charge in [-0.1, -0.05) is 48.5 Å². The third-order valence-electron chi connectivity index (χ3n) is 3.40. The Morgan fingerprint density at radius 1 is 0.818 bits per heavy atom. The minimum Gasteiger partial charge on any atom is -0.489 e. The van der Waals surface area contributed by atoms with E-state index in [4.69, 9.17) is 9.15 Å². The van der Waals surface area contributed by atoms with Gasteiger partial charge in [0.05, 0.1) is 12.8 Å². The van der Waals surface area contributed by atoms with Crippen molar-refractivity contribution in [3.8, 4) is 5.75 Å². The molecule has 3 heteroatoms. The molecule has 0 aliphatic rings. The molecule has 0 atom stereocenters. The van der Waals surface area contributed by atoms with Crippen LogP contribution in [0.25, 0.3) is 0 Å². The molecule has 0 aliphatic carbocycles. The molecular weight excluding hydrogens is 274 g/mol. The van der Waals surface area contributed by atoms with Crippen LogP contribution in [0.5, 0.6) is 5.75 Å². The summed E-state index contributed by atoms with van der Waals surface area (Å²) in [5, 5.41) is 3.37. The van der Waals surface area contributed by atoms with Gasteiger partial charge in [-0.25, -0.2) is 0 Å². The molecule has 2 aromatic carbocycles. The maximum Gasteiger partial charge on any atom is 0.124 e. The molecule has 0 spiro atoms. The number of para-hydroxylation sites is 1. The Kier molecular flexibility index (Phi) is 4.90. The lowest BCUT2D eigenvalue weighted by Crippen LogP contribution is -2.13. The van der Waals surface area contributed by atoms with Crippen LogP contribution in [-0.2, 0) is 19.7 Å². The lowest BCUT2D eigenvalue weighted by Gasteiger charge is -2.12. The summed E-state index contributed by atoms with van der Waals surface area (Å²) in [5.74, 6) is 1.85. The highest BCUT2D eigenvalue weighted by atomic mass is 16.5. The van der Waals surface area contributed by atoms with Gasteiger partial charge >= 0.3 is 0 Å². The van der Waals surface area contributed by atoms with Crippen molar-refractivity contribution < 1.29 is 9.15 Å². The lowest BCUT2D eigenvalue weighted by atomic mass is 10.2. The van der Waals surface area contributed by atoms with Crippen LogP contribution in [0.1, 0.15) is 16.9 Å². The van der Waals surface area contributed by atoms with Gasteiger partial charge in [0.15, 0.2) is 0 Å². The van der Waals surface area contributed by atoms with Gasteiger partial charge < -0.3 is 14.5 Å². The van der Waals surface area contributed by atoms with Crippen molar-refractivity contribution in [1.29, 1.82) is 0 Å². The quantitative estimate of drug-likeness (QED) is 0.710. The Morgan fingerprint density at radius 3 is 2.45 bits per heavy atom. The molecule has 112 valence electrons. The number of benzene rings is 2. The maximum atomic E-state index is 5.95. The number of ether oxygens (including phenoxy) is 1. The summed E-state index contributed by atoms with van der Waals surface area (Å²) in [7, 11) is 0. The van der Waals surface area contributed by atoms with Gasteiger partial charge in [0.2, 0.25) is 0 Å². The topological polar surface area (TPSA) is 34.4 Å². The van der Waals surface area contributed by atoms with E-state index in [2.05, 4.69) is 23.5 Å². The molecule has 22 heavy (non-hydrogen) atoms. The second-order valence-corrected chi connectivity index (χ2v) is 5.06. The molecule has 0 radical (unpaired) electrons. The van der Waals surface area contributed by atoms with Gasteiger partial charge in [-0.3, -0.25) is 0 Å². The van der Waals surface area contributed by atoms with Crippen LogP contribution in [-0.4, -0.2) is 0 Å². The number of hydrogen-bond acceptors (Lipinski definition) is 3. The van der Waals surface area contributed by atoms with E-state index in [0.717, 1.165) is 23.6 Å². The first kappa shape index (κ1) is 14.4. The van der Waals surface area contributed by atoms with E-state index in [1.807, 2.05) is 48.5 Å². The van der Waals surface area contributed by atoms with Crippen molar-refractivity contribution in [3.05, 3.63) is 89.9 Å². The molecule has 3 aromatic rings. The number of nitrogens with one attached hydrogen (secondary N) is 1. The molecule has 0 saturated heterocycles. The Bertz CT molecular complexity index is 678. The average molecular weight is 293 g/mol. The highest BCUT2D eigenvalue weighted by molar-refractivity contribution is 5.33. The second kappa shape index (κ2) is 7.48. The molecule has 1 heterocycles. The first-order chi connectivity index (χ1) is 10.9. The van der Waals surface area contributed by atoms with Crippen LogP contribution in [0.4, 0.5) is 0 Å². The third-order valence-corrected chi connectivity index (χ3v) is 3.40. The summed E-state index contributed by atoms with van der Waals surface area (Å²) in [6.45, 7) is 2.03. The average Bonchev–Trinajstić information content (AvgIpc) is 3.08. The fourth-order valence-electron chi connectivity index (χ4n) is 2.26. The largest absolute Gasteiger partial charge is 0.489 e. The standard InChI is InChI=1S/C19H19NO2/c1-2-7-16(8-3-1)15-22-19-11-5-4-9-17(19)13-20-14-18-10-6-12-21-18/h1-12,20H,13-15H2. The first-order valence-corrected chi connectivity index (χ1v) is 7.39. The Hall–Kier alpha value is -2.52. The molecule has 0 unspecified atom stereocenters. The van der Waals surface area contributed by atoms with Crippen LogP contribution in [0.15, 0.2) is 77.4 Å². The zero-order valence-corrected chi connectivity index (χ0v) is 12.4. The van der Waals surface area contributed by atoms with Gasteiger partial charge in [-0.05, 0) is 23.8 Å². The highest BCUT2D eigenvalue weighted by Crippen LogP contribution is 2.19. The molecule has 1 N–H and O–H groups in total. The fourth-order valence-corrected chi connectivity index (χ4v) is 2.26. The van der Waals surface area contributed by atoms with Crippen LogP contribution < -0.4 is 10.1 Å². The minimum atomic E-state index is 0.579. The van der Waals surface area contributed by atoms with Crippen molar-refractivity contribution in [2.24, 2.45) is 0 Å². The Labute approximate surface area is 130 Å². The summed E-state index contributed by atoms with van der Waals surface area (Å²) >= 11 is 0. The molecule has 0 saturated carbocycles. The van der Waals surface area contributed by atoms with E-state index in [9.17, 15) is 0 Å². The van der Waals surface area contributed by atoms with Crippen LogP contribution in [0.3, 0.4) is 0 Å². The molecule has 0 aliphatic heterocycles. The summed E-state index contributed by atoms with van der Waals surface area (Å²) in [5.41, 5.74) is 2.31. The predicted molar refractivity (Wildman–Crippen MR) is 86.5 cm³/mol. The van der Waals surface area contributed by atoms with Gasteiger partial charge in [0.1, 0.15) is 18.1 Å². The molecular formula is C19H19NO2. The van der Waals surface area contributed by atoms with Gasteiger partial charge in [0.25, 0.3) is 0 Å². The van der Waals surface area contributed by atoms with Gasteiger partial charge in [-0.15, -0.1) is 0 Å². The first-order valence-electron chi connectivity index (χ1n) is 7.39. The maximum absolute atomic E-state index is 5.95. The summed E-state index contributed by atoms with van der Waals surface area (Å²) < 4.78 is 11.3. The van der Waals surface area contributed by atoms with Crippen LogP contribution in [0.2, 0.25) is 0 Å². The fraction of sp³-hybridized carbons (Fsp3) is 0.158. The van der Waals surface area contributed by atoms with E-state index in [1.54, 1.807) is 6.26 Å². The Balaban J connectivity index is 1.57. The van der Waals surface area contributed by atoms with Crippen molar-refractivity contribution in [2.75, 3.05) is 0 Å². The highest BCUT2D eigenvalue weighted by Gasteiger charge is 2.04. The molecule has 1 aromatic heterocycles. The van der Waals surface area contributed by atoms with Crippen molar-refractivity contribution in [1.82, 2.24) is 5.32 Å². The van der Waals surface area contributed by atoms with E-state index in [0.29, 0.717) is 13.2 Å². The number of furan rings is 1. The van der Waals surface area contributed by atoms with Crippen molar-refractivity contribution in [2.45, 2.75) is 19.7 Å². The van der Waals surface area contributed by atoms with Crippen LogP contribution >= 0.6 is 0 Å². The predicted octanol–water partition coefficient (Wildman–Crippen LogP) is 4.15. The molecule has 0 bridgehead atoms. The second-order valence-electron chi connectivity index (χ2n) is 5.06. The summed E-state index contributed by atoms with van der Waals surface area (Å²) in [6.07, 6.45) is 1.69. The number of rotatable bonds is 7. The molecule has 3 rings (SSSR count). The monoisotopic (exact) mass is 293 g/mol. The zero-order chi connectivity index (χ0) is 15.0. The van der Waals surface area contributed by atoms with Crippen molar-refractivity contribution >= 4 is 0 Å². The van der Waals surface area contributed by atoms with Gasteiger partial charge in [0, 0.05) is 12.1 Å². The smallest absolute Gasteiger partial charge is 0.124 e. The van der Waals surface area contributed by atoms with E-state index in [1.165, 1.54) is 5.56 Å². The van der Waals surface area contributed by atoms with Crippen LogP contribution in [0, 0.1) is 0 Å². The normalized spacial score (nSPS) is 10.5. The SMILES string of the molecule is c1ccc(COc2ccccc2CNCc2ccco2)cc1. The van der Waals surface area contributed by atoms with Gasteiger partial charge in [-0.2, -0.15) is 0 Å². The number of hydrogen-bond donors (Lipinski definition) is 1. The van der Waals surface area contributed by atoms with E-state index in [-0.39, 0.29) is 0 Å². The lowest BCUT2D eigenvalue weighted by molar-refractivity contribution is 0.302. The summed E-state index contributed by atoms with van der Waals surface area (Å²) in [4.78, 5) is 0. The summed E-state index contributed by atoms with van der Waals surface area (Å²) in [6, 6.07) is 22.2. The Morgan fingerprint density at radius 2 is 1.64 bits per heavy atom.